The van der Waals surface area contributed by atoms with E-state index in [-0.39, 0.29) is 5.56 Å². The van der Waals surface area contributed by atoms with Crippen LogP contribution >= 0.6 is 0 Å². The van der Waals surface area contributed by atoms with E-state index in [4.69, 9.17) is 0 Å². The van der Waals surface area contributed by atoms with Gasteiger partial charge in [-0.3, -0.25) is 0 Å². The van der Waals surface area contributed by atoms with Gasteiger partial charge in [0.2, 0.25) is 5.76 Å². The molecule has 0 saturated heterocycles. The quantitative estimate of drug-likeness (QED) is 0.564. The summed E-state index contributed by atoms with van der Waals surface area (Å²) < 4.78 is 100.0. The minimum Gasteiger partial charge on any atom is -0.465 e. The van der Waals surface area contributed by atoms with E-state index in [1.54, 1.807) is 6.92 Å². The van der Waals surface area contributed by atoms with Gasteiger partial charge in [0.15, 0.2) is 0 Å². The van der Waals surface area contributed by atoms with Crippen molar-refractivity contribution < 1.29 is 44.8 Å². The number of aryl methyl sites for hydroxylation is 1. The molecule has 2 aromatic rings. The Morgan fingerprint density at radius 3 is 2.04 bits per heavy atom. The summed E-state index contributed by atoms with van der Waals surface area (Å²) in [6.45, 7) is 1.68. The largest absolute Gasteiger partial charge is 0.465 e. The maximum atomic E-state index is 14.0. The molecular formula is C15H10F7NO3. The molecule has 0 aliphatic heterocycles. The number of carbonyl (C=O) groups excluding carboxylic acids is 1. The number of carbonyl (C=O) groups is 1. The maximum Gasteiger partial charge on any atom is 0.460 e. The van der Waals surface area contributed by atoms with Crippen LogP contribution < -0.4 is 0 Å². The SMILES string of the molecule is COC(=O)c1c(-c2ccc(C)cc2)noc1C(F)(F)C(F)(F)C(F)(F)F. The van der Waals surface area contributed by atoms with Gasteiger partial charge in [-0.05, 0) is 6.92 Å². The predicted molar refractivity (Wildman–Crippen MR) is 72.9 cm³/mol. The molecule has 0 amide bonds. The summed E-state index contributed by atoms with van der Waals surface area (Å²) in [5.41, 5.74) is -1.25. The lowest BCUT2D eigenvalue weighted by Crippen LogP contribution is -2.50. The Kier molecular flexibility index (Phi) is 4.77. The Balaban J connectivity index is 2.71. The Hall–Kier alpha value is -2.59. The van der Waals surface area contributed by atoms with E-state index in [2.05, 4.69) is 14.4 Å². The molecule has 0 aliphatic carbocycles. The van der Waals surface area contributed by atoms with E-state index < -0.39 is 41.0 Å². The fourth-order valence-electron chi connectivity index (χ4n) is 2.02. The van der Waals surface area contributed by atoms with Crippen molar-refractivity contribution >= 4 is 5.97 Å². The molecule has 0 atom stereocenters. The van der Waals surface area contributed by atoms with Gasteiger partial charge in [0.05, 0.1) is 7.11 Å². The van der Waals surface area contributed by atoms with E-state index in [1.807, 2.05) is 0 Å². The first kappa shape index (κ1) is 19.7. The van der Waals surface area contributed by atoms with Gasteiger partial charge in [0.1, 0.15) is 11.3 Å². The number of benzene rings is 1. The molecular weight excluding hydrogens is 375 g/mol. The van der Waals surface area contributed by atoms with Crippen molar-refractivity contribution in [2.45, 2.75) is 24.9 Å². The van der Waals surface area contributed by atoms with E-state index in [9.17, 15) is 35.5 Å². The monoisotopic (exact) mass is 385 g/mol. The number of aromatic nitrogens is 1. The van der Waals surface area contributed by atoms with Crippen LogP contribution in [0, 0.1) is 6.92 Å². The summed E-state index contributed by atoms with van der Waals surface area (Å²) in [4.78, 5) is 11.8. The van der Waals surface area contributed by atoms with Crippen molar-refractivity contribution in [3.8, 4) is 11.3 Å². The first-order valence-electron chi connectivity index (χ1n) is 6.82. The number of nitrogens with zero attached hydrogens (tertiary/aromatic N) is 1. The van der Waals surface area contributed by atoms with Gasteiger partial charge in [-0.15, -0.1) is 0 Å². The van der Waals surface area contributed by atoms with Crippen LogP contribution in [0.5, 0.6) is 0 Å². The van der Waals surface area contributed by atoms with Crippen LogP contribution in [0.4, 0.5) is 30.7 Å². The van der Waals surface area contributed by atoms with Crippen molar-refractivity contribution in [1.29, 1.82) is 0 Å². The van der Waals surface area contributed by atoms with E-state index in [0.29, 0.717) is 0 Å². The minimum absolute atomic E-state index is 0.0166. The molecule has 26 heavy (non-hydrogen) atoms. The van der Waals surface area contributed by atoms with Gasteiger partial charge in [0, 0.05) is 5.56 Å². The van der Waals surface area contributed by atoms with Gasteiger partial charge in [-0.2, -0.15) is 30.7 Å². The van der Waals surface area contributed by atoms with Gasteiger partial charge < -0.3 is 9.26 Å². The second-order valence-corrected chi connectivity index (χ2v) is 5.24. The van der Waals surface area contributed by atoms with E-state index >= 15 is 0 Å². The molecule has 0 spiro atoms. The number of hydrogen-bond donors (Lipinski definition) is 0. The number of methoxy groups -OCH3 is 1. The Morgan fingerprint density at radius 1 is 1.04 bits per heavy atom. The normalized spacial score (nSPS) is 13.0. The van der Waals surface area contributed by atoms with Crippen molar-refractivity contribution in [3.05, 3.63) is 41.2 Å². The molecule has 0 fully saturated rings. The standard InChI is InChI=1S/C15H10F7NO3/c1-7-3-5-8(6-4-7)10-9(12(24)25-2)11(26-23-10)13(16,17)14(18,19)15(20,21)22/h3-6H,1-2H3. The van der Waals surface area contributed by atoms with Gasteiger partial charge >= 0.3 is 24.0 Å². The average molecular weight is 385 g/mol. The lowest BCUT2D eigenvalue weighted by Gasteiger charge is -2.26. The topological polar surface area (TPSA) is 52.3 Å². The zero-order chi connectivity index (χ0) is 19.9. The first-order chi connectivity index (χ1) is 11.8. The molecule has 4 nitrogen and oxygen atoms in total. The second-order valence-electron chi connectivity index (χ2n) is 5.24. The molecule has 0 saturated carbocycles. The van der Waals surface area contributed by atoms with Crippen LogP contribution in [-0.4, -0.2) is 30.3 Å². The molecule has 0 unspecified atom stereocenters. The summed E-state index contributed by atoms with van der Waals surface area (Å²) in [5.74, 6) is -16.2. The predicted octanol–water partition coefficient (Wildman–Crippen LogP) is 4.73. The smallest absolute Gasteiger partial charge is 0.460 e. The Labute approximate surface area is 141 Å². The zero-order valence-electron chi connectivity index (χ0n) is 13.1. The zero-order valence-corrected chi connectivity index (χ0v) is 13.1. The molecule has 1 aromatic carbocycles. The van der Waals surface area contributed by atoms with Crippen LogP contribution in [0.2, 0.25) is 0 Å². The molecule has 142 valence electrons. The summed E-state index contributed by atoms with van der Waals surface area (Å²) in [7, 11) is 0.734. The third-order valence-electron chi connectivity index (χ3n) is 3.44. The van der Waals surface area contributed by atoms with Crippen LogP contribution in [0.1, 0.15) is 21.7 Å². The van der Waals surface area contributed by atoms with Crippen molar-refractivity contribution in [2.24, 2.45) is 0 Å². The molecule has 1 aromatic heterocycles. The van der Waals surface area contributed by atoms with Crippen molar-refractivity contribution in [2.75, 3.05) is 7.11 Å². The molecule has 0 radical (unpaired) electrons. The summed E-state index contributed by atoms with van der Waals surface area (Å²) in [5, 5.41) is 3.09. The third-order valence-corrected chi connectivity index (χ3v) is 3.44. The molecule has 0 aliphatic rings. The van der Waals surface area contributed by atoms with Gasteiger partial charge in [-0.1, -0.05) is 35.0 Å². The van der Waals surface area contributed by atoms with E-state index in [1.165, 1.54) is 24.3 Å². The number of esters is 1. The molecule has 1 heterocycles. The summed E-state index contributed by atoms with van der Waals surface area (Å²) in [6, 6.07) is 5.55. The van der Waals surface area contributed by atoms with Crippen LogP contribution in [0.15, 0.2) is 28.8 Å². The van der Waals surface area contributed by atoms with Gasteiger partial charge in [-0.25, -0.2) is 4.79 Å². The van der Waals surface area contributed by atoms with Crippen LogP contribution in [-0.2, 0) is 10.7 Å². The molecule has 11 heteroatoms. The highest BCUT2D eigenvalue weighted by Crippen LogP contribution is 2.53. The molecule has 0 bridgehead atoms. The lowest BCUT2D eigenvalue weighted by molar-refractivity contribution is -0.363. The highest BCUT2D eigenvalue weighted by atomic mass is 19.4. The maximum absolute atomic E-state index is 14.0. The van der Waals surface area contributed by atoms with Crippen LogP contribution in [0.25, 0.3) is 11.3 Å². The highest BCUT2D eigenvalue weighted by molar-refractivity contribution is 5.97. The summed E-state index contributed by atoms with van der Waals surface area (Å²) >= 11 is 0. The van der Waals surface area contributed by atoms with Crippen LogP contribution in [0.3, 0.4) is 0 Å². The van der Waals surface area contributed by atoms with Crippen molar-refractivity contribution in [3.63, 3.8) is 0 Å². The van der Waals surface area contributed by atoms with Gasteiger partial charge in [0.25, 0.3) is 0 Å². The number of hydrogen-bond acceptors (Lipinski definition) is 4. The Morgan fingerprint density at radius 2 is 1.58 bits per heavy atom. The number of alkyl halides is 7. The number of ether oxygens (including phenoxy) is 1. The first-order valence-corrected chi connectivity index (χ1v) is 6.82. The average Bonchev–Trinajstić information content (AvgIpc) is 2.99. The van der Waals surface area contributed by atoms with E-state index in [0.717, 1.165) is 12.7 Å². The molecule has 2 rings (SSSR count). The second kappa shape index (κ2) is 6.29. The number of halogens is 7. The number of rotatable bonds is 4. The third kappa shape index (κ3) is 3.01. The van der Waals surface area contributed by atoms with Crippen molar-refractivity contribution in [1.82, 2.24) is 5.16 Å². The highest BCUT2D eigenvalue weighted by Gasteiger charge is 2.76. The fourth-order valence-corrected chi connectivity index (χ4v) is 2.02. The summed E-state index contributed by atoms with van der Waals surface area (Å²) in [6.07, 6.45) is -6.60. The molecule has 0 N–H and O–H groups in total. The Bertz CT molecular complexity index is 810. The fraction of sp³-hybridized carbons (Fsp3) is 0.333. The minimum atomic E-state index is -6.60. The lowest BCUT2D eigenvalue weighted by atomic mass is 9.99.